The summed E-state index contributed by atoms with van der Waals surface area (Å²) in [5.74, 6) is -0.965. The van der Waals surface area contributed by atoms with Gasteiger partial charge in [0.25, 0.3) is 11.8 Å². The fraction of sp³-hybridized carbons (Fsp3) is 0.133. The quantitative estimate of drug-likeness (QED) is 0.841. The number of nitrogens with zero attached hydrogens (tertiary/aromatic N) is 1. The minimum absolute atomic E-state index is 0.265. The summed E-state index contributed by atoms with van der Waals surface area (Å²) in [6.07, 6.45) is 1.40. The molecular formula is C15H12ClN3O4. The zero-order valence-corrected chi connectivity index (χ0v) is 12.8. The van der Waals surface area contributed by atoms with Gasteiger partial charge in [0.05, 0.1) is 6.26 Å². The Hall–Kier alpha value is -2.80. The first-order chi connectivity index (χ1) is 10.9. The lowest BCUT2D eigenvalue weighted by molar-refractivity contribution is -0.133. The van der Waals surface area contributed by atoms with Crippen LogP contribution in [0.25, 0.3) is 0 Å². The molecule has 3 rings (SSSR count). The van der Waals surface area contributed by atoms with Crippen molar-refractivity contribution < 1.29 is 18.8 Å². The smallest absolute Gasteiger partial charge is 0.344 e. The molecule has 2 heterocycles. The molecule has 23 heavy (non-hydrogen) atoms. The van der Waals surface area contributed by atoms with E-state index in [1.807, 2.05) is 0 Å². The molecule has 1 saturated heterocycles. The molecule has 1 aliphatic heterocycles. The van der Waals surface area contributed by atoms with E-state index in [0.29, 0.717) is 10.0 Å². The van der Waals surface area contributed by atoms with Crippen molar-refractivity contribution >= 4 is 29.4 Å². The van der Waals surface area contributed by atoms with Crippen molar-refractivity contribution in [1.82, 2.24) is 15.8 Å². The van der Waals surface area contributed by atoms with Crippen LogP contribution in [0.4, 0.5) is 4.79 Å². The van der Waals surface area contributed by atoms with E-state index in [1.165, 1.54) is 37.5 Å². The van der Waals surface area contributed by atoms with Gasteiger partial charge in [-0.05, 0) is 43.3 Å². The summed E-state index contributed by atoms with van der Waals surface area (Å²) < 4.78 is 5.20. The van der Waals surface area contributed by atoms with Crippen LogP contribution >= 0.6 is 11.6 Å². The summed E-state index contributed by atoms with van der Waals surface area (Å²) in [4.78, 5) is 36.7. The molecule has 4 amide bonds. The lowest BCUT2D eigenvalue weighted by Crippen LogP contribution is -2.47. The summed E-state index contributed by atoms with van der Waals surface area (Å²) >= 11 is 5.76. The predicted octanol–water partition coefficient (Wildman–Crippen LogP) is 2.04. The van der Waals surface area contributed by atoms with Crippen LogP contribution in [-0.2, 0) is 10.3 Å². The number of benzene rings is 1. The van der Waals surface area contributed by atoms with Gasteiger partial charge in [0.1, 0.15) is 5.76 Å². The standard InChI is InChI=1S/C15H12ClN3O4/c1-15(11-3-2-8-23-11)13(21)19(14(22)17-15)18-12(20)9-4-6-10(16)7-5-9/h2-8H,1H3,(H,17,22)(H,18,20)/t15-/m0/s1. The van der Waals surface area contributed by atoms with Crippen molar-refractivity contribution in [3.8, 4) is 0 Å². The number of amides is 4. The number of nitrogens with one attached hydrogen (secondary N) is 2. The van der Waals surface area contributed by atoms with Crippen LogP contribution < -0.4 is 10.7 Å². The molecule has 0 unspecified atom stereocenters. The van der Waals surface area contributed by atoms with Crippen molar-refractivity contribution in [3.63, 3.8) is 0 Å². The van der Waals surface area contributed by atoms with Gasteiger partial charge in [-0.1, -0.05) is 11.6 Å². The van der Waals surface area contributed by atoms with Gasteiger partial charge in [0.2, 0.25) is 0 Å². The van der Waals surface area contributed by atoms with Crippen molar-refractivity contribution in [3.05, 3.63) is 59.0 Å². The zero-order valence-electron chi connectivity index (χ0n) is 12.0. The molecule has 118 valence electrons. The molecule has 2 aromatic rings. The number of halogens is 1. The molecule has 2 N–H and O–H groups in total. The normalized spacial score (nSPS) is 20.5. The topological polar surface area (TPSA) is 91.7 Å². The Balaban J connectivity index is 1.81. The minimum atomic E-state index is -1.37. The Labute approximate surface area is 136 Å². The Morgan fingerprint density at radius 2 is 1.96 bits per heavy atom. The van der Waals surface area contributed by atoms with E-state index in [2.05, 4.69) is 10.7 Å². The van der Waals surface area contributed by atoms with Crippen LogP contribution in [0.5, 0.6) is 0 Å². The first-order valence-corrected chi connectivity index (χ1v) is 7.07. The maximum Gasteiger partial charge on any atom is 0.344 e. The number of carbonyl (C=O) groups is 3. The highest BCUT2D eigenvalue weighted by Gasteiger charge is 2.52. The Kier molecular flexibility index (Phi) is 3.57. The highest BCUT2D eigenvalue weighted by Crippen LogP contribution is 2.28. The number of imide groups is 1. The van der Waals surface area contributed by atoms with Crippen molar-refractivity contribution in [2.45, 2.75) is 12.5 Å². The van der Waals surface area contributed by atoms with Gasteiger partial charge in [-0.25, -0.2) is 4.79 Å². The molecule has 0 saturated carbocycles. The van der Waals surface area contributed by atoms with Gasteiger partial charge in [-0.15, -0.1) is 0 Å². The van der Waals surface area contributed by atoms with E-state index in [4.69, 9.17) is 16.0 Å². The van der Waals surface area contributed by atoms with E-state index in [9.17, 15) is 14.4 Å². The molecule has 1 fully saturated rings. The third-order valence-corrected chi connectivity index (χ3v) is 3.78. The Morgan fingerprint density at radius 3 is 2.57 bits per heavy atom. The number of hydrogen-bond donors (Lipinski definition) is 2. The SMILES string of the molecule is C[C@@]1(c2ccco2)NC(=O)N(NC(=O)c2ccc(Cl)cc2)C1=O. The van der Waals surface area contributed by atoms with Crippen LogP contribution in [0, 0.1) is 0 Å². The number of hydrazine groups is 1. The summed E-state index contributed by atoms with van der Waals surface area (Å²) in [5.41, 5.74) is 1.18. The van der Waals surface area contributed by atoms with E-state index in [0.717, 1.165) is 0 Å². The number of urea groups is 1. The summed E-state index contributed by atoms with van der Waals surface area (Å²) in [6, 6.07) is 8.49. The summed E-state index contributed by atoms with van der Waals surface area (Å²) in [7, 11) is 0. The van der Waals surface area contributed by atoms with Crippen molar-refractivity contribution in [1.29, 1.82) is 0 Å². The lowest BCUT2D eigenvalue weighted by Gasteiger charge is -2.19. The lowest BCUT2D eigenvalue weighted by atomic mass is 10.00. The van der Waals surface area contributed by atoms with Crippen LogP contribution in [0.15, 0.2) is 47.1 Å². The first kappa shape index (κ1) is 15.1. The molecule has 1 aromatic heterocycles. The highest BCUT2D eigenvalue weighted by molar-refractivity contribution is 6.30. The molecule has 0 bridgehead atoms. The zero-order chi connectivity index (χ0) is 16.6. The number of carbonyl (C=O) groups excluding carboxylic acids is 3. The largest absolute Gasteiger partial charge is 0.466 e. The van der Waals surface area contributed by atoms with Crippen LogP contribution in [-0.4, -0.2) is 22.9 Å². The van der Waals surface area contributed by atoms with E-state index >= 15 is 0 Å². The van der Waals surface area contributed by atoms with E-state index in [1.54, 1.807) is 12.1 Å². The second-order valence-corrected chi connectivity index (χ2v) is 5.56. The van der Waals surface area contributed by atoms with E-state index in [-0.39, 0.29) is 11.3 Å². The van der Waals surface area contributed by atoms with Gasteiger partial charge < -0.3 is 9.73 Å². The second kappa shape index (κ2) is 5.44. The number of hydrogen-bond acceptors (Lipinski definition) is 4. The first-order valence-electron chi connectivity index (χ1n) is 6.69. The molecule has 1 aromatic carbocycles. The van der Waals surface area contributed by atoms with Gasteiger partial charge in [-0.3, -0.25) is 15.0 Å². The van der Waals surface area contributed by atoms with Crippen LogP contribution in [0.1, 0.15) is 23.0 Å². The highest BCUT2D eigenvalue weighted by atomic mass is 35.5. The average Bonchev–Trinajstić information content (AvgIpc) is 3.12. The molecule has 0 radical (unpaired) electrons. The van der Waals surface area contributed by atoms with Gasteiger partial charge >= 0.3 is 6.03 Å². The van der Waals surface area contributed by atoms with Crippen LogP contribution in [0.3, 0.4) is 0 Å². The third-order valence-electron chi connectivity index (χ3n) is 3.52. The van der Waals surface area contributed by atoms with Crippen molar-refractivity contribution in [2.24, 2.45) is 0 Å². The Morgan fingerprint density at radius 1 is 1.26 bits per heavy atom. The van der Waals surface area contributed by atoms with Crippen LogP contribution in [0.2, 0.25) is 5.02 Å². The minimum Gasteiger partial charge on any atom is -0.466 e. The molecule has 7 nitrogen and oxygen atoms in total. The molecule has 1 aliphatic rings. The fourth-order valence-corrected chi connectivity index (χ4v) is 2.36. The van der Waals surface area contributed by atoms with Gasteiger partial charge in [-0.2, -0.15) is 5.01 Å². The van der Waals surface area contributed by atoms with Gasteiger partial charge in [0, 0.05) is 10.6 Å². The third kappa shape index (κ3) is 2.55. The van der Waals surface area contributed by atoms with Crippen molar-refractivity contribution in [2.75, 3.05) is 0 Å². The summed E-state index contributed by atoms with van der Waals surface area (Å²) in [5, 5.41) is 3.62. The van der Waals surface area contributed by atoms with E-state index < -0.39 is 23.4 Å². The predicted molar refractivity (Wildman–Crippen MR) is 80.4 cm³/mol. The number of rotatable bonds is 3. The van der Waals surface area contributed by atoms with Gasteiger partial charge in [0.15, 0.2) is 5.54 Å². The maximum absolute atomic E-state index is 12.5. The second-order valence-electron chi connectivity index (χ2n) is 5.12. The fourth-order valence-electron chi connectivity index (χ4n) is 2.24. The Bertz CT molecular complexity index is 773. The molecule has 8 heteroatoms. The maximum atomic E-state index is 12.5. The molecule has 0 aliphatic carbocycles. The summed E-state index contributed by atoms with van der Waals surface area (Å²) in [6.45, 7) is 1.50. The number of furan rings is 1. The molecular weight excluding hydrogens is 322 g/mol. The molecule has 0 spiro atoms. The monoisotopic (exact) mass is 333 g/mol. The molecule has 1 atom stereocenters. The average molecular weight is 334 g/mol.